The highest BCUT2D eigenvalue weighted by molar-refractivity contribution is 5.88. The van der Waals surface area contributed by atoms with Crippen molar-refractivity contribution in [2.24, 2.45) is 0 Å². The third-order valence-electron chi connectivity index (χ3n) is 5.26. The van der Waals surface area contributed by atoms with Gasteiger partial charge in [-0.1, -0.05) is 30.3 Å². The number of aromatic nitrogens is 1. The number of benzene rings is 1. The Morgan fingerprint density at radius 2 is 1.77 bits per heavy atom. The fraction of sp³-hybridized carbons (Fsp3) is 0.318. The highest BCUT2D eigenvalue weighted by Gasteiger charge is 2.44. The number of hydrogen-bond donors (Lipinski definition) is 3. The molecule has 0 radical (unpaired) electrons. The number of anilines is 1. The van der Waals surface area contributed by atoms with Crippen molar-refractivity contribution in [2.45, 2.75) is 18.1 Å². The van der Waals surface area contributed by atoms with Crippen LogP contribution in [0.5, 0.6) is 0 Å². The van der Waals surface area contributed by atoms with Crippen LogP contribution in [0.4, 0.5) is 5.82 Å². The number of nitrogens with zero attached hydrogens (tertiary/aromatic N) is 3. The summed E-state index contributed by atoms with van der Waals surface area (Å²) >= 11 is 0. The van der Waals surface area contributed by atoms with Crippen LogP contribution in [0.15, 0.2) is 59.3 Å². The molecule has 3 heterocycles. The molecule has 0 saturated carbocycles. The molecule has 2 atom stereocenters. The zero-order chi connectivity index (χ0) is 22.9. The van der Waals surface area contributed by atoms with Crippen LogP contribution in [-0.2, 0) is 15.2 Å². The molecule has 2 aromatic heterocycles. The van der Waals surface area contributed by atoms with Crippen molar-refractivity contribution in [1.82, 2.24) is 9.88 Å². The summed E-state index contributed by atoms with van der Waals surface area (Å²) in [6.07, 6.45) is 4.13. The fourth-order valence-corrected chi connectivity index (χ4v) is 3.90. The van der Waals surface area contributed by atoms with E-state index in [1.807, 2.05) is 56.6 Å². The van der Waals surface area contributed by atoms with Gasteiger partial charge in [0.15, 0.2) is 0 Å². The molecule has 1 saturated heterocycles. The summed E-state index contributed by atoms with van der Waals surface area (Å²) < 4.78 is 5.51. The zero-order valence-electron chi connectivity index (χ0n) is 17.5. The predicted molar refractivity (Wildman–Crippen MR) is 116 cm³/mol. The van der Waals surface area contributed by atoms with Crippen LogP contribution in [0, 0.1) is 0 Å². The lowest BCUT2D eigenvalue weighted by atomic mass is 9.80. The maximum atomic E-state index is 11.5. The molecule has 1 aliphatic rings. The minimum atomic E-state index is -0.869. The van der Waals surface area contributed by atoms with E-state index in [0.717, 1.165) is 28.9 Å². The van der Waals surface area contributed by atoms with Gasteiger partial charge in [-0.05, 0) is 38.2 Å². The van der Waals surface area contributed by atoms with Gasteiger partial charge in [-0.25, -0.2) is 4.98 Å². The van der Waals surface area contributed by atoms with E-state index in [1.54, 1.807) is 12.5 Å². The summed E-state index contributed by atoms with van der Waals surface area (Å²) in [6.45, 7) is 0.947. The first kappa shape index (κ1) is 23.8. The van der Waals surface area contributed by atoms with Gasteiger partial charge in [0.25, 0.3) is 12.9 Å². The standard InChI is InChI=1S/C20H23N3O2.2CH2O2/c1-22(2)18-14-23(19-16-9-13-25-17(16)8-11-21-19)12-10-20(18,24)15-6-4-3-5-7-15;2*2-1-3/h3-9,11,13,18,24H,10,12,14H2,1-2H3;2*1H,(H,2,3)/t18-,20+;;/m1../s1. The Morgan fingerprint density at radius 1 is 1.13 bits per heavy atom. The smallest absolute Gasteiger partial charge is 0.290 e. The van der Waals surface area contributed by atoms with Crippen LogP contribution in [0.25, 0.3) is 11.0 Å². The molecule has 1 fully saturated rings. The van der Waals surface area contributed by atoms with Crippen molar-refractivity contribution in [3.8, 4) is 0 Å². The van der Waals surface area contributed by atoms with Crippen LogP contribution in [0.2, 0.25) is 0 Å². The molecule has 166 valence electrons. The van der Waals surface area contributed by atoms with E-state index in [-0.39, 0.29) is 19.0 Å². The first-order valence-corrected chi connectivity index (χ1v) is 9.60. The Balaban J connectivity index is 0.000000513. The van der Waals surface area contributed by atoms with E-state index >= 15 is 0 Å². The largest absolute Gasteiger partial charge is 0.483 e. The van der Waals surface area contributed by atoms with E-state index in [4.69, 9.17) is 24.2 Å². The van der Waals surface area contributed by atoms with Crippen LogP contribution in [0.1, 0.15) is 12.0 Å². The van der Waals surface area contributed by atoms with Gasteiger partial charge in [0.2, 0.25) is 0 Å². The van der Waals surface area contributed by atoms with E-state index < -0.39 is 5.60 Å². The van der Waals surface area contributed by atoms with Crippen molar-refractivity contribution in [3.63, 3.8) is 0 Å². The molecule has 0 amide bonds. The van der Waals surface area contributed by atoms with Crippen LogP contribution >= 0.6 is 0 Å². The second kappa shape index (κ2) is 11.1. The van der Waals surface area contributed by atoms with Crippen molar-refractivity contribution < 1.29 is 29.3 Å². The molecular weight excluding hydrogens is 402 g/mol. The summed E-state index contributed by atoms with van der Waals surface area (Å²) in [7, 11) is 4.04. The second-order valence-electron chi connectivity index (χ2n) is 7.14. The molecule has 1 aliphatic heterocycles. The lowest BCUT2D eigenvalue weighted by Gasteiger charge is -2.48. The monoisotopic (exact) mass is 429 g/mol. The molecule has 3 aromatic rings. The highest BCUT2D eigenvalue weighted by atomic mass is 16.3. The average Bonchev–Trinajstić information content (AvgIpc) is 3.25. The van der Waals surface area contributed by atoms with Crippen LogP contribution in [0.3, 0.4) is 0 Å². The summed E-state index contributed by atoms with van der Waals surface area (Å²) in [5.41, 5.74) is 0.948. The van der Waals surface area contributed by atoms with Gasteiger partial charge in [0, 0.05) is 19.3 Å². The van der Waals surface area contributed by atoms with E-state index in [1.165, 1.54) is 0 Å². The number of piperidine rings is 1. The summed E-state index contributed by atoms with van der Waals surface area (Å²) in [5, 5.41) is 26.3. The Kier molecular flexibility index (Phi) is 8.53. The molecule has 9 heteroatoms. The number of carbonyl (C=O) groups is 2. The Morgan fingerprint density at radius 3 is 2.39 bits per heavy atom. The normalized spacial score (nSPS) is 20.3. The third-order valence-corrected chi connectivity index (χ3v) is 5.26. The van der Waals surface area contributed by atoms with Gasteiger partial charge in [-0.15, -0.1) is 0 Å². The Hall–Kier alpha value is -3.43. The Bertz CT molecular complexity index is 956. The van der Waals surface area contributed by atoms with Crippen LogP contribution in [-0.4, -0.2) is 71.4 Å². The van der Waals surface area contributed by atoms with Gasteiger partial charge >= 0.3 is 0 Å². The van der Waals surface area contributed by atoms with Crippen LogP contribution < -0.4 is 4.90 Å². The number of rotatable bonds is 3. The minimum Gasteiger partial charge on any atom is -0.483 e. The summed E-state index contributed by atoms with van der Waals surface area (Å²) in [5.74, 6) is 0.924. The predicted octanol–water partition coefficient (Wildman–Crippen LogP) is 2.26. The van der Waals surface area contributed by atoms with Gasteiger partial charge in [-0.2, -0.15) is 0 Å². The van der Waals surface area contributed by atoms with Crippen molar-refractivity contribution in [2.75, 3.05) is 32.1 Å². The minimum absolute atomic E-state index is 0.0346. The molecule has 9 nitrogen and oxygen atoms in total. The second-order valence-corrected chi connectivity index (χ2v) is 7.14. The molecule has 31 heavy (non-hydrogen) atoms. The number of hydrogen-bond acceptors (Lipinski definition) is 7. The summed E-state index contributed by atoms with van der Waals surface area (Å²) in [6, 6.07) is 13.8. The maximum absolute atomic E-state index is 11.5. The molecule has 0 unspecified atom stereocenters. The highest BCUT2D eigenvalue weighted by Crippen LogP contribution is 2.37. The number of pyridine rings is 1. The van der Waals surface area contributed by atoms with Gasteiger partial charge in [0.1, 0.15) is 17.0 Å². The molecule has 0 spiro atoms. The Labute approximate surface area is 180 Å². The number of likely N-dealkylation sites (N-methyl/N-ethyl adjacent to an activating group) is 1. The molecule has 1 aromatic carbocycles. The lowest BCUT2D eigenvalue weighted by Crippen LogP contribution is -2.59. The van der Waals surface area contributed by atoms with E-state index in [0.29, 0.717) is 13.0 Å². The van der Waals surface area contributed by atoms with Crippen molar-refractivity contribution in [1.29, 1.82) is 0 Å². The van der Waals surface area contributed by atoms with E-state index in [9.17, 15) is 5.11 Å². The number of carboxylic acid groups (broad SMARTS) is 2. The number of fused-ring (bicyclic) bond motifs is 1. The molecule has 0 bridgehead atoms. The van der Waals surface area contributed by atoms with E-state index in [2.05, 4.69) is 14.8 Å². The topological polar surface area (TPSA) is 127 Å². The quantitative estimate of drug-likeness (QED) is 0.537. The molecule has 3 N–H and O–H groups in total. The summed E-state index contributed by atoms with van der Waals surface area (Å²) in [4.78, 5) is 25.7. The van der Waals surface area contributed by atoms with Gasteiger partial charge in [0.05, 0.1) is 17.7 Å². The third kappa shape index (κ3) is 5.39. The van der Waals surface area contributed by atoms with Gasteiger partial charge < -0.3 is 29.5 Å². The first-order chi connectivity index (χ1) is 14.9. The molecular formula is C22H27N3O6. The fourth-order valence-electron chi connectivity index (χ4n) is 3.90. The number of furan rings is 1. The molecule has 4 rings (SSSR count). The van der Waals surface area contributed by atoms with Gasteiger partial charge in [-0.3, -0.25) is 9.59 Å². The van der Waals surface area contributed by atoms with Crippen molar-refractivity contribution in [3.05, 3.63) is 60.5 Å². The lowest BCUT2D eigenvalue weighted by molar-refractivity contribution is -0.123. The maximum Gasteiger partial charge on any atom is 0.290 e. The van der Waals surface area contributed by atoms with Crippen molar-refractivity contribution >= 4 is 29.7 Å². The zero-order valence-corrected chi connectivity index (χ0v) is 17.5. The SMILES string of the molecule is CN(C)[C@@H]1CN(c2nccc3occc23)CC[C@]1(O)c1ccccc1.O=CO.O=CO. The first-order valence-electron chi connectivity index (χ1n) is 9.60. The number of aliphatic hydroxyl groups is 1. The molecule has 0 aliphatic carbocycles. The average molecular weight is 429 g/mol.